The average Bonchev–Trinajstić information content (AvgIpc) is 2.75. The van der Waals surface area contributed by atoms with Crippen molar-refractivity contribution >= 4 is 29.4 Å². The summed E-state index contributed by atoms with van der Waals surface area (Å²) in [5, 5.41) is 2.53. The van der Waals surface area contributed by atoms with Gasteiger partial charge in [-0.1, -0.05) is 11.6 Å². The highest BCUT2D eigenvalue weighted by Crippen LogP contribution is 2.27. The van der Waals surface area contributed by atoms with Gasteiger partial charge in [0.05, 0.1) is 11.6 Å². The molecule has 1 aliphatic rings. The SMILES string of the molecule is CCOC(=O)CNC(=O)N1CCN(c2cc(Oc3ccc(F)c(Cl)c3)ncn2)C[C@@H]1C. The predicted octanol–water partition coefficient (Wildman–Crippen LogP) is 2.84. The first kappa shape index (κ1) is 22.5. The molecular formula is C20H23ClFN5O4. The van der Waals surface area contributed by atoms with E-state index in [1.165, 1.54) is 24.5 Å². The second kappa shape index (κ2) is 10.3. The molecule has 1 aliphatic heterocycles. The largest absolute Gasteiger partial charge is 0.465 e. The first-order chi connectivity index (χ1) is 14.9. The summed E-state index contributed by atoms with van der Waals surface area (Å²) in [4.78, 5) is 35.8. The third-order valence-corrected chi connectivity index (χ3v) is 4.93. The summed E-state index contributed by atoms with van der Waals surface area (Å²) in [5.74, 6) is 0.271. The molecule has 0 aliphatic carbocycles. The number of benzene rings is 1. The van der Waals surface area contributed by atoms with Gasteiger partial charge in [0, 0.05) is 37.8 Å². The summed E-state index contributed by atoms with van der Waals surface area (Å²) in [7, 11) is 0. The van der Waals surface area contributed by atoms with Gasteiger partial charge in [-0.3, -0.25) is 4.79 Å². The molecule has 3 rings (SSSR count). The zero-order valence-electron chi connectivity index (χ0n) is 17.2. The van der Waals surface area contributed by atoms with Crippen LogP contribution in [0.2, 0.25) is 5.02 Å². The number of hydrogen-bond acceptors (Lipinski definition) is 7. The first-order valence-corrected chi connectivity index (χ1v) is 10.1. The predicted molar refractivity (Wildman–Crippen MR) is 112 cm³/mol. The van der Waals surface area contributed by atoms with Gasteiger partial charge in [-0.2, -0.15) is 0 Å². The minimum absolute atomic E-state index is 0.0436. The molecule has 0 saturated carbocycles. The molecule has 1 N–H and O–H groups in total. The van der Waals surface area contributed by atoms with E-state index in [4.69, 9.17) is 21.1 Å². The normalized spacial score (nSPS) is 16.1. The zero-order chi connectivity index (χ0) is 22.4. The Labute approximate surface area is 184 Å². The second-order valence-electron chi connectivity index (χ2n) is 6.84. The zero-order valence-corrected chi connectivity index (χ0v) is 17.9. The van der Waals surface area contributed by atoms with Crippen LogP contribution in [0, 0.1) is 5.82 Å². The highest BCUT2D eigenvalue weighted by molar-refractivity contribution is 6.30. The molecule has 2 heterocycles. The lowest BCUT2D eigenvalue weighted by Crippen LogP contribution is -2.57. The molecular weight excluding hydrogens is 429 g/mol. The smallest absolute Gasteiger partial charge is 0.325 e. The van der Waals surface area contributed by atoms with Crippen LogP contribution in [0.5, 0.6) is 11.6 Å². The fourth-order valence-electron chi connectivity index (χ4n) is 3.15. The van der Waals surface area contributed by atoms with Crippen LogP contribution in [-0.4, -0.2) is 65.7 Å². The molecule has 1 saturated heterocycles. The van der Waals surface area contributed by atoms with Crippen LogP contribution in [0.1, 0.15) is 13.8 Å². The maximum absolute atomic E-state index is 13.3. The molecule has 1 aromatic heterocycles. The van der Waals surface area contributed by atoms with Gasteiger partial charge in [0.2, 0.25) is 5.88 Å². The number of aromatic nitrogens is 2. The molecule has 1 aromatic carbocycles. The Hall–Kier alpha value is -3.14. The standard InChI is InChI=1S/C20H23ClFN5O4/c1-3-30-19(28)10-23-20(29)27-7-6-26(11-13(27)2)17-9-18(25-12-24-17)31-14-4-5-16(22)15(21)8-14/h4-5,8-9,12-13H,3,6-7,10-11H2,1-2H3,(H,23,29)/t13-/m0/s1. The van der Waals surface area contributed by atoms with Crippen LogP contribution < -0.4 is 15.0 Å². The van der Waals surface area contributed by atoms with Crippen LogP contribution in [-0.2, 0) is 9.53 Å². The van der Waals surface area contributed by atoms with Crippen molar-refractivity contribution in [3.05, 3.63) is 41.4 Å². The molecule has 31 heavy (non-hydrogen) atoms. The number of halogens is 2. The summed E-state index contributed by atoms with van der Waals surface area (Å²) in [6, 6.07) is 5.27. The Morgan fingerprint density at radius 2 is 2.10 bits per heavy atom. The van der Waals surface area contributed by atoms with E-state index in [1.54, 1.807) is 17.9 Å². The van der Waals surface area contributed by atoms with Crippen molar-refractivity contribution in [1.29, 1.82) is 0 Å². The number of hydrogen-bond donors (Lipinski definition) is 1. The molecule has 0 spiro atoms. The summed E-state index contributed by atoms with van der Waals surface area (Å²) in [6.07, 6.45) is 1.37. The number of piperazine rings is 1. The van der Waals surface area contributed by atoms with Gasteiger partial charge in [0.15, 0.2) is 0 Å². The number of nitrogens with one attached hydrogen (secondary N) is 1. The van der Waals surface area contributed by atoms with Crippen molar-refractivity contribution in [1.82, 2.24) is 20.2 Å². The number of carbonyl (C=O) groups is 2. The molecule has 166 valence electrons. The third-order valence-electron chi connectivity index (χ3n) is 4.64. The summed E-state index contributed by atoms with van der Waals surface area (Å²) in [6.45, 7) is 5.24. The third kappa shape index (κ3) is 5.94. The monoisotopic (exact) mass is 451 g/mol. The number of amides is 2. The van der Waals surface area contributed by atoms with Crippen molar-refractivity contribution in [2.45, 2.75) is 19.9 Å². The van der Waals surface area contributed by atoms with E-state index >= 15 is 0 Å². The summed E-state index contributed by atoms with van der Waals surface area (Å²) >= 11 is 5.78. The fraction of sp³-hybridized carbons (Fsp3) is 0.400. The number of anilines is 1. The van der Waals surface area contributed by atoms with Gasteiger partial charge in [-0.05, 0) is 26.0 Å². The molecule has 2 amide bonds. The van der Waals surface area contributed by atoms with Gasteiger partial charge < -0.3 is 24.6 Å². The van der Waals surface area contributed by atoms with E-state index in [0.717, 1.165) is 0 Å². The van der Waals surface area contributed by atoms with Crippen molar-refractivity contribution in [3.8, 4) is 11.6 Å². The lowest BCUT2D eigenvalue weighted by molar-refractivity contribution is -0.141. The first-order valence-electron chi connectivity index (χ1n) is 9.77. The maximum atomic E-state index is 13.3. The minimum Gasteiger partial charge on any atom is -0.465 e. The molecule has 1 atom stereocenters. The molecule has 1 fully saturated rings. The van der Waals surface area contributed by atoms with Crippen molar-refractivity contribution in [3.63, 3.8) is 0 Å². The lowest BCUT2D eigenvalue weighted by Gasteiger charge is -2.40. The van der Waals surface area contributed by atoms with Crippen molar-refractivity contribution in [2.75, 3.05) is 37.7 Å². The number of urea groups is 1. The van der Waals surface area contributed by atoms with E-state index in [9.17, 15) is 14.0 Å². The quantitative estimate of drug-likeness (QED) is 0.674. The highest BCUT2D eigenvalue weighted by Gasteiger charge is 2.28. The maximum Gasteiger partial charge on any atom is 0.325 e. The van der Waals surface area contributed by atoms with Crippen molar-refractivity contribution in [2.24, 2.45) is 0 Å². The highest BCUT2D eigenvalue weighted by atomic mass is 35.5. The average molecular weight is 452 g/mol. The van der Waals surface area contributed by atoms with Gasteiger partial charge in [-0.15, -0.1) is 0 Å². The Morgan fingerprint density at radius 3 is 2.81 bits per heavy atom. The number of ether oxygens (including phenoxy) is 2. The van der Waals surface area contributed by atoms with E-state index in [-0.39, 0.29) is 36.1 Å². The van der Waals surface area contributed by atoms with Gasteiger partial charge in [0.1, 0.15) is 30.3 Å². The van der Waals surface area contributed by atoms with Crippen LogP contribution >= 0.6 is 11.6 Å². The van der Waals surface area contributed by atoms with Crippen molar-refractivity contribution < 1.29 is 23.5 Å². The number of carbonyl (C=O) groups excluding carboxylic acids is 2. The molecule has 0 unspecified atom stereocenters. The van der Waals surface area contributed by atoms with E-state index in [0.29, 0.717) is 31.2 Å². The van der Waals surface area contributed by atoms with Gasteiger partial charge >= 0.3 is 12.0 Å². The van der Waals surface area contributed by atoms with E-state index < -0.39 is 11.8 Å². The van der Waals surface area contributed by atoms with Crippen LogP contribution in [0.3, 0.4) is 0 Å². The lowest BCUT2D eigenvalue weighted by atomic mass is 10.2. The molecule has 11 heteroatoms. The molecule has 9 nitrogen and oxygen atoms in total. The summed E-state index contributed by atoms with van der Waals surface area (Å²) < 4.78 is 23.8. The Bertz CT molecular complexity index is 948. The topological polar surface area (TPSA) is 96.9 Å². The Balaban J connectivity index is 1.59. The van der Waals surface area contributed by atoms with E-state index in [2.05, 4.69) is 15.3 Å². The number of rotatable bonds is 6. The Morgan fingerprint density at radius 1 is 1.29 bits per heavy atom. The molecule has 0 bridgehead atoms. The number of esters is 1. The molecule has 0 radical (unpaired) electrons. The number of nitrogens with zero attached hydrogens (tertiary/aromatic N) is 4. The summed E-state index contributed by atoms with van der Waals surface area (Å²) in [5.41, 5.74) is 0. The fourth-order valence-corrected chi connectivity index (χ4v) is 3.32. The van der Waals surface area contributed by atoms with E-state index in [1.807, 2.05) is 11.8 Å². The van der Waals surface area contributed by atoms with Gasteiger partial charge in [-0.25, -0.2) is 19.2 Å². The minimum atomic E-state index is -0.532. The molecule has 2 aromatic rings. The van der Waals surface area contributed by atoms with Crippen LogP contribution in [0.25, 0.3) is 0 Å². The Kier molecular flexibility index (Phi) is 7.45. The van der Waals surface area contributed by atoms with Crippen LogP contribution in [0.15, 0.2) is 30.6 Å². The second-order valence-corrected chi connectivity index (χ2v) is 7.25. The van der Waals surface area contributed by atoms with Crippen LogP contribution in [0.4, 0.5) is 15.0 Å². The van der Waals surface area contributed by atoms with Gasteiger partial charge in [0.25, 0.3) is 0 Å².